The van der Waals surface area contributed by atoms with Crippen molar-refractivity contribution in [1.82, 2.24) is 5.32 Å². The van der Waals surface area contributed by atoms with Crippen LogP contribution in [0.3, 0.4) is 0 Å². The van der Waals surface area contributed by atoms with Gasteiger partial charge in [0, 0.05) is 25.2 Å². The van der Waals surface area contributed by atoms with Gasteiger partial charge in [0.1, 0.15) is 12.4 Å². The number of rotatable bonds is 7. The number of amides is 1. The molecule has 0 unspecified atom stereocenters. The van der Waals surface area contributed by atoms with Crippen LogP contribution in [0.2, 0.25) is 5.02 Å². The minimum Gasteiger partial charge on any atom is -0.490 e. The fourth-order valence-corrected chi connectivity index (χ4v) is 1.49. The Bertz CT molecular complexity index is 403. The molecule has 19 heavy (non-hydrogen) atoms. The zero-order chi connectivity index (χ0) is 13.4. The van der Waals surface area contributed by atoms with Crippen molar-refractivity contribution < 1.29 is 14.3 Å². The van der Waals surface area contributed by atoms with E-state index in [0.717, 1.165) is 0 Å². The van der Waals surface area contributed by atoms with Crippen LogP contribution in [-0.4, -0.2) is 39.3 Å². The minimum atomic E-state index is -0.254. The van der Waals surface area contributed by atoms with Gasteiger partial charge in [0.25, 0.3) is 5.91 Å². The van der Waals surface area contributed by atoms with Crippen LogP contribution in [0.5, 0.6) is 5.75 Å². The van der Waals surface area contributed by atoms with E-state index in [-0.39, 0.29) is 18.3 Å². The van der Waals surface area contributed by atoms with E-state index >= 15 is 0 Å². The molecule has 7 heteroatoms. The van der Waals surface area contributed by atoms with Crippen LogP contribution in [0.1, 0.15) is 10.4 Å². The molecule has 0 saturated heterocycles. The van der Waals surface area contributed by atoms with E-state index in [0.29, 0.717) is 42.6 Å². The highest BCUT2D eigenvalue weighted by Gasteiger charge is 2.12. The maximum Gasteiger partial charge on any atom is 0.255 e. The summed E-state index contributed by atoms with van der Waals surface area (Å²) < 4.78 is 10.3. The fraction of sp³-hybridized carbons (Fsp3) is 0.417. The van der Waals surface area contributed by atoms with E-state index in [9.17, 15) is 4.79 Å². The Morgan fingerprint density at radius 3 is 2.79 bits per heavy atom. The number of ether oxygens (including phenoxy) is 2. The Morgan fingerprint density at radius 1 is 1.42 bits per heavy atom. The first-order chi connectivity index (χ1) is 8.69. The number of carbonyl (C=O) groups excluding carboxylic acids is 1. The summed E-state index contributed by atoms with van der Waals surface area (Å²) in [5, 5.41) is 3.15. The average Bonchev–Trinajstić information content (AvgIpc) is 2.38. The SMILES string of the molecule is COCCOc1ccc(Cl)cc1C(=O)NCCN.Cl. The Kier molecular flexibility index (Phi) is 9.34. The molecule has 1 aromatic rings. The molecule has 0 heterocycles. The standard InChI is InChI=1S/C12H17ClN2O3.ClH/c1-17-6-7-18-11-3-2-9(13)8-10(11)12(16)15-5-4-14;/h2-3,8H,4-7,14H2,1H3,(H,15,16);1H. The van der Waals surface area contributed by atoms with Gasteiger partial charge in [-0.3, -0.25) is 4.79 Å². The van der Waals surface area contributed by atoms with Crippen LogP contribution >= 0.6 is 24.0 Å². The number of nitrogens with two attached hydrogens (primary N) is 1. The lowest BCUT2D eigenvalue weighted by atomic mass is 10.2. The van der Waals surface area contributed by atoms with Gasteiger partial charge < -0.3 is 20.5 Å². The average molecular weight is 309 g/mol. The van der Waals surface area contributed by atoms with Gasteiger partial charge in [-0.05, 0) is 18.2 Å². The third kappa shape index (κ3) is 6.11. The second kappa shape index (κ2) is 9.86. The first-order valence-corrected chi connectivity index (χ1v) is 5.96. The maximum absolute atomic E-state index is 11.9. The molecule has 0 aromatic heterocycles. The molecule has 1 aromatic carbocycles. The van der Waals surface area contributed by atoms with Crippen LogP contribution < -0.4 is 15.8 Å². The molecule has 0 aliphatic heterocycles. The monoisotopic (exact) mass is 308 g/mol. The van der Waals surface area contributed by atoms with Crippen molar-refractivity contribution in [2.75, 3.05) is 33.4 Å². The number of hydrogen-bond acceptors (Lipinski definition) is 4. The molecule has 3 N–H and O–H groups in total. The van der Waals surface area contributed by atoms with Crippen LogP contribution in [0, 0.1) is 0 Å². The van der Waals surface area contributed by atoms with Gasteiger partial charge in [-0.1, -0.05) is 11.6 Å². The molecule has 0 fully saturated rings. The predicted molar refractivity (Wildman–Crippen MR) is 77.5 cm³/mol. The highest BCUT2D eigenvalue weighted by Crippen LogP contribution is 2.22. The quantitative estimate of drug-likeness (QED) is 0.748. The summed E-state index contributed by atoms with van der Waals surface area (Å²) >= 11 is 5.87. The molecule has 5 nitrogen and oxygen atoms in total. The van der Waals surface area contributed by atoms with Gasteiger partial charge in [0.2, 0.25) is 0 Å². The molecule has 0 radical (unpaired) electrons. The zero-order valence-electron chi connectivity index (χ0n) is 10.6. The highest BCUT2D eigenvalue weighted by atomic mass is 35.5. The van der Waals surface area contributed by atoms with Crippen LogP contribution in [0.4, 0.5) is 0 Å². The normalized spacial score (nSPS) is 9.63. The molecule has 0 aliphatic carbocycles. The number of benzene rings is 1. The number of methoxy groups -OCH3 is 1. The van der Waals surface area contributed by atoms with E-state index in [1.807, 2.05) is 0 Å². The Labute approximate surface area is 123 Å². The number of halogens is 2. The van der Waals surface area contributed by atoms with Crippen LogP contribution in [0.25, 0.3) is 0 Å². The van der Waals surface area contributed by atoms with Crippen molar-refractivity contribution in [1.29, 1.82) is 0 Å². The Balaban J connectivity index is 0.00000324. The fourth-order valence-electron chi connectivity index (χ4n) is 1.32. The van der Waals surface area contributed by atoms with Gasteiger partial charge in [0.15, 0.2) is 0 Å². The molecule has 0 bridgehead atoms. The number of carbonyl (C=O) groups is 1. The lowest BCUT2D eigenvalue weighted by molar-refractivity contribution is 0.0947. The molecular formula is C12H18Cl2N2O3. The van der Waals surface area contributed by atoms with Gasteiger partial charge >= 0.3 is 0 Å². The summed E-state index contributed by atoms with van der Waals surface area (Å²) in [5.41, 5.74) is 5.73. The molecule has 0 saturated carbocycles. The second-order valence-electron chi connectivity index (χ2n) is 3.53. The van der Waals surface area contributed by atoms with Crippen molar-refractivity contribution in [2.45, 2.75) is 0 Å². The van der Waals surface area contributed by atoms with Gasteiger partial charge in [-0.25, -0.2) is 0 Å². The molecule has 0 spiro atoms. The van der Waals surface area contributed by atoms with E-state index in [1.165, 1.54) is 0 Å². The molecule has 0 aliphatic rings. The van der Waals surface area contributed by atoms with Crippen molar-refractivity contribution in [3.05, 3.63) is 28.8 Å². The molecular weight excluding hydrogens is 291 g/mol. The maximum atomic E-state index is 11.9. The molecule has 1 rings (SSSR count). The second-order valence-corrected chi connectivity index (χ2v) is 3.96. The van der Waals surface area contributed by atoms with Crippen molar-refractivity contribution in [3.8, 4) is 5.75 Å². The topological polar surface area (TPSA) is 73.6 Å². The highest BCUT2D eigenvalue weighted by molar-refractivity contribution is 6.31. The summed E-state index contributed by atoms with van der Waals surface area (Å²) in [6.07, 6.45) is 0. The van der Waals surface area contributed by atoms with Crippen LogP contribution in [0.15, 0.2) is 18.2 Å². The summed E-state index contributed by atoms with van der Waals surface area (Å²) in [7, 11) is 1.58. The summed E-state index contributed by atoms with van der Waals surface area (Å²) in [6, 6.07) is 4.90. The van der Waals surface area contributed by atoms with E-state index in [2.05, 4.69) is 5.32 Å². The smallest absolute Gasteiger partial charge is 0.255 e. The van der Waals surface area contributed by atoms with Gasteiger partial charge in [-0.15, -0.1) is 12.4 Å². The lowest BCUT2D eigenvalue weighted by Gasteiger charge is -2.11. The Hall–Kier alpha value is -1.01. The Morgan fingerprint density at radius 2 is 2.16 bits per heavy atom. The molecule has 108 valence electrons. The summed E-state index contributed by atoms with van der Waals surface area (Å²) in [4.78, 5) is 11.9. The van der Waals surface area contributed by atoms with Gasteiger partial charge in [0.05, 0.1) is 12.2 Å². The summed E-state index contributed by atoms with van der Waals surface area (Å²) in [5.74, 6) is 0.223. The number of hydrogen-bond donors (Lipinski definition) is 2. The lowest BCUT2D eigenvalue weighted by Crippen LogP contribution is -2.29. The largest absolute Gasteiger partial charge is 0.490 e. The summed E-state index contributed by atoms with van der Waals surface area (Å²) in [6.45, 7) is 1.61. The van der Waals surface area contributed by atoms with E-state index < -0.39 is 0 Å². The van der Waals surface area contributed by atoms with Gasteiger partial charge in [-0.2, -0.15) is 0 Å². The van der Waals surface area contributed by atoms with Crippen molar-refractivity contribution in [2.24, 2.45) is 5.73 Å². The molecule has 0 atom stereocenters. The first kappa shape index (κ1) is 18.0. The third-order valence-electron chi connectivity index (χ3n) is 2.16. The van der Waals surface area contributed by atoms with Crippen molar-refractivity contribution >= 4 is 29.9 Å². The van der Waals surface area contributed by atoms with Crippen molar-refractivity contribution in [3.63, 3.8) is 0 Å². The predicted octanol–water partition coefficient (Wildman–Crippen LogP) is 1.48. The zero-order valence-corrected chi connectivity index (χ0v) is 12.2. The van der Waals surface area contributed by atoms with E-state index in [4.69, 9.17) is 26.8 Å². The minimum absolute atomic E-state index is 0. The first-order valence-electron chi connectivity index (χ1n) is 5.58. The van der Waals surface area contributed by atoms with Crippen LogP contribution in [-0.2, 0) is 4.74 Å². The third-order valence-corrected chi connectivity index (χ3v) is 2.40. The van der Waals surface area contributed by atoms with E-state index in [1.54, 1.807) is 25.3 Å². The molecule has 1 amide bonds. The number of nitrogens with one attached hydrogen (secondary N) is 1.